The third-order valence-corrected chi connectivity index (χ3v) is 2.49. The van der Waals surface area contributed by atoms with E-state index >= 15 is 0 Å². The zero-order valence-corrected chi connectivity index (χ0v) is 10.1. The molecule has 1 aromatic rings. The molecule has 0 aromatic heterocycles. The third-order valence-electron chi connectivity index (χ3n) is 1.93. The van der Waals surface area contributed by atoms with E-state index in [0.717, 1.165) is 18.2 Å². The first-order chi connectivity index (χ1) is 8.03. The van der Waals surface area contributed by atoms with Crippen LogP contribution in [0.25, 0.3) is 0 Å². The molecule has 1 atom stereocenters. The van der Waals surface area contributed by atoms with Gasteiger partial charge in [0.25, 0.3) is 10.1 Å². The van der Waals surface area contributed by atoms with Crippen LogP contribution in [0.5, 0.6) is 0 Å². The monoisotopic (exact) mass is 253 g/mol. The second-order valence-electron chi connectivity index (χ2n) is 3.31. The highest BCUT2D eigenvalue weighted by molar-refractivity contribution is 7.85. The fourth-order valence-corrected chi connectivity index (χ4v) is 1.57. The Morgan fingerprint density at radius 2 is 2.06 bits per heavy atom. The summed E-state index contributed by atoms with van der Waals surface area (Å²) >= 11 is 0. The van der Waals surface area contributed by atoms with Gasteiger partial charge in [0.1, 0.15) is 6.04 Å². The zero-order valence-electron chi connectivity index (χ0n) is 9.31. The highest BCUT2D eigenvalue weighted by Crippen LogP contribution is 2.17. The van der Waals surface area contributed by atoms with Crippen LogP contribution in [0.15, 0.2) is 35.3 Å². The van der Waals surface area contributed by atoms with Gasteiger partial charge in [0.05, 0.1) is 12.9 Å². The fourth-order valence-electron chi connectivity index (χ4n) is 1.20. The van der Waals surface area contributed by atoms with Crippen molar-refractivity contribution in [1.82, 2.24) is 0 Å². The van der Waals surface area contributed by atoms with Crippen molar-refractivity contribution in [3.63, 3.8) is 0 Å². The van der Waals surface area contributed by atoms with Crippen molar-refractivity contribution in [2.45, 2.75) is 6.04 Å². The molecule has 0 saturated heterocycles. The van der Waals surface area contributed by atoms with Crippen LogP contribution in [-0.4, -0.2) is 35.7 Å². The van der Waals surface area contributed by atoms with Gasteiger partial charge in [-0.15, -0.1) is 0 Å². The molecule has 1 rings (SSSR count). The normalized spacial score (nSPS) is 13.7. The lowest BCUT2D eigenvalue weighted by Crippen LogP contribution is -2.11. The van der Waals surface area contributed by atoms with Crippen molar-refractivity contribution in [1.29, 1.82) is 0 Å². The number of hydrogen-bond acceptors (Lipinski definition) is 5. The van der Waals surface area contributed by atoms with Gasteiger partial charge in [-0.1, -0.05) is 30.3 Å². The van der Waals surface area contributed by atoms with E-state index in [4.69, 9.17) is 12.2 Å². The summed E-state index contributed by atoms with van der Waals surface area (Å²) in [4.78, 5) is 3.95. The maximum atomic E-state index is 10.9. The smallest absolute Gasteiger partial charge is 0.375 e. The number of aliphatic imine (C=N–C) groups is 1. The molecular formula is C10H12BNO4S. The lowest BCUT2D eigenvalue weighted by molar-refractivity contribution is 0.297. The van der Waals surface area contributed by atoms with Crippen molar-refractivity contribution < 1.29 is 17.3 Å². The van der Waals surface area contributed by atoms with Crippen LogP contribution < -0.4 is 0 Å². The highest BCUT2D eigenvalue weighted by atomic mass is 32.2. The summed E-state index contributed by atoms with van der Waals surface area (Å²) in [6, 6.07) is 8.63. The molecule has 0 aliphatic rings. The van der Waals surface area contributed by atoms with E-state index in [1.807, 2.05) is 30.3 Å². The number of benzene rings is 1. The van der Waals surface area contributed by atoms with Crippen LogP contribution in [-0.2, 0) is 19.0 Å². The molecule has 0 spiro atoms. The molecule has 0 unspecified atom stereocenters. The third kappa shape index (κ3) is 5.51. The van der Waals surface area contributed by atoms with E-state index in [-0.39, 0.29) is 6.61 Å². The molecule has 5 nitrogen and oxygen atoms in total. The predicted molar refractivity (Wildman–Crippen MR) is 65.3 cm³/mol. The highest BCUT2D eigenvalue weighted by Gasteiger charge is 2.12. The molecule has 0 heterocycles. The first-order valence-corrected chi connectivity index (χ1v) is 6.61. The van der Waals surface area contributed by atoms with Gasteiger partial charge in [-0.2, -0.15) is 8.42 Å². The summed E-state index contributed by atoms with van der Waals surface area (Å²) in [7, 11) is 1.33. The van der Waals surface area contributed by atoms with Gasteiger partial charge in [-0.3, -0.25) is 4.18 Å². The van der Waals surface area contributed by atoms with Gasteiger partial charge < -0.3 is 4.65 Å². The molecule has 0 aliphatic carbocycles. The summed E-state index contributed by atoms with van der Waals surface area (Å²) in [6.45, 7) is -0.0945. The molecule has 0 bridgehead atoms. The van der Waals surface area contributed by atoms with Crippen LogP contribution >= 0.6 is 0 Å². The minimum absolute atomic E-state index is 0.0945. The van der Waals surface area contributed by atoms with Crippen molar-refractivity contribution >= 4 is 24.6 Å². The minimum Gasteiger partial charge on any atom is -0.560 e. The van der Waals surface area contributed by atoms with Gasteiger partial charge in [-0.05, 0) is 5.56 Å². The molecule has 0 saturated carbocycles. The van der Waals surface area contributed by atoms with Crippen LogP contribution in [0, 0.1) is 0 Å². The summed E-state index contributed by atoms with van der Waals surface area (Å²) in [5.74, 6) is 0. The second-order valence-corrected chi connectivity index (χ2v) is 4.95. The maximum Gasteiger partial charge on any atom is 0.375 e. The molecule has 17 heavy (non-hydrogen) atoms. The summed E-state index contributed by atoms with van der Waals surface area (Å²) in [6.07, 6.45) is 2.03. The Labute approximate surface area is 102 Å². The maximum absolute atomic E-state index is 10.9. The van der Waals surface area contributed by atoms with E-state index in [9.17, 15) is 8.42 Å². The van der Waals surface area contributed by atoms with E-state index in [0.29, 0.717) is 0 Å². The van der Waals surface area contributed by atoms with Gasteiger partial charge in [0.15, 0.2) is 6.40 Å². The molecular weight excluding hydrogens is 241 g/mol. The Kier molecular flexibility index (Phi) is 5.18. The molecule has 0 N–H and O–H groups in total. The standard InChI is InChI=1S/C10H12BNO4S/c1-17(13,14)16-7-10(12-8-15-11)9-5-3-2-4-6-9/h2-6,8,10H,7H2,1H3/t10-/m0/s1. The van der Waals surface area contributed by atoms with Crippen molar-refractivity contribution in [3.05, 3.63) is 35.9 Å². The quantitative estimate of drug-likeness (QED) is 0.326. The van der Waals surface area contributed by atoms with E-state index < -0.39 is 16.2 Å². The van der Waals surface area contributed by atoms with Crippen molar-refractivity contribution in [3.8, 4) is 0 Å². The molecule has 1 aromatic carbocycles. The van der Waals surface area contributed by atoms with Gasteiger partial charge in [0, 0.05) is 0 Å². The van der Waals surface area contributed by atoms with E-state index in [1.165, 1.54) is 0 Å². The predicted octanol–water partition coefficient (Wildman–Crippen LogP) is 0.832. The SMILES string of the molecule is [B]OC=N[C@@H](COS(C)(=O)=O)c1ccccc1. The number of nitrogens with zero attached hydrogens (tertiary/aromatic N) is 1. The Morgan fingerprint density at radius 1 is 1.41 bits per heavy atom. The van der Waals surface area contributed by atoms with Crippen LogP contribution in [0.1, 0.15) is 11.6 Å². The average Bonchev–Trinajstić information content (AvgIpc) is 2.29. The Hall–Kier alpha value is -1.34. The summed E-state index contributed by atoms with van der Waals surface area (Å²) in [5, 5.41) is 0. The minimum atomic E-state index is -3.50. The zero-order chi connectivity index (χ0) is 12.7. The van der Waals surface area contributed by atoms with Crippen LogP contribution in [0.4, 0.5) is 0 Å². The molecule has 0 aliphatic heterocycles. The van der Waals surface area contributed by atoms with Crippen LogP contribution in [0.2, 0.25) is 0 Å². The summed E-state index contributed by atoms with van der Waals surface area (Å²) < 4.78 is 30.8. The lowest BCUT2D eigenvalue weighted by atomic mass is 10.1. The Morgan fingerprint density at radius 3 is 2.59 bits per heavy atom. The molecule has 0 fully saturated rings. The second kappa shape index (κ2) is 6.41. The van der Waals surface area contributed by atoms with E-state index in [2.05, 4.69) is 9.65 Å². The fraction of sp³-hybridized carbons (Fsp3) is 0.300. The summed E-state index contributed by atoms with van der Waals surface area (Å²) in [5.41, 5.74) is 0.810. The van der Waals surface area contributed by atoms with Gasteiger partial charge in [0.2, 0.25) is 0 Å². The topological polar surface area (TPSA) is 65.0 Å². The van der Waals surface area contributed by atoms with E-state index in [1.54, 1.807) is 0 Å². The average molecular weight is 253 g/mol. The van der Waals surface area contributed by atoms with Crippen LogP contribution in [0.3, 0.4) is 0 Å². The first kappa shape index (κ1) is 13.7. The lowest BCUT2D eigenvalue weighted by Gasteiger charge is -2.11. The number of hydrogen-bond donors (Lipinski definition) is 0. The molecule has 7 heteroatoms. The van der Waals surface area contributed by atoms with Gasteiger partial charge >= 0.3 is 8.05 Å². The van der Waals surface area contributed by atoms with Gasteiger partial charge in [-0.25, -0.2) is 4.99 Å². The molecule has 2 radical (unpaired) electrons. The van der Waals surface area contributed by atoms with Crippen molar-refractivity contribution in [2.24, 2.45) is 4.99 Å². The van der Waals surface area contributed by atoms with Crippen molar-refractivity contribution in [2.75, 3.05) is 12.9 Å². The Bertz CT molecular complexity index is 460. The number of rotatable bonds is 6. The molecule has 0 amide bonds. The first-order valence-electron chi connectivity index (χ1n) is 4.79. The Balaban J connectivity index is 2.78. The largest absolute Gasteiger partial charge is 0.560 e. The molecule has 90 valence electrons.